The van der Waals surface area contributed by atoms with E-state index >= 15 is 0 Å². The summed E-state index contributed by atoms with van der Waals surface area (Å²) in [6.07, 6.45) is 0.701. The van der Waals surface area contributed by atoms with Crippen LogP contribution in [0.1, 0.15) is 28.3 Å². The van der Waals surface area contributed by atoms with Gasteiger partial charge in [0.15, 0.2) is 0 Å². The molecule has 2 aromatic carbocycles. The molecule has 0 saturated heterocycles. The van der Waals surface area contributed by atoms with Gasteiger partial charge in [0, 0.05) is 11.1 Å². The van der Waals surface area contributed by atoms with E-state index in [1.807, 2.05) is 18.2 Å². The highest BCUT2D eigenvalue weighted by atomic mass is 35.5. The molecule has 0 aliphatic heterocycles. The molecule has 0 radical (unpaired) electrons. The van der Waals surface area contributed by atoms with E-state index in [0.29, 0.717) is 11.4 Å². The minimum absolute atomic E-state index is 0.0679. The van der Waals surface area contributed by atoms with Crippen LogP contribution in [0.2, 0.25) is 5.02 Å². The van der Waals surface area contributed by atoms with Gasteiger partial charge in [-0.1, -0.05) is 29.8 Å². The van der Waals surface area contributed by atoms with Gasteiger partial charge in [-0.3, -0.25) is 0 Å². The fourth-order valence-electron chi connectivity index (χ4n) is 2.26. The normalized spacial score (nSPS) is 12.2. The van der Waals surface area contributed by atoms with Crippen molar-refractivity contribution in [1.29, 1.82) is 0 Å². The van der Waals surface area contributed by atoms with E-state index in [9.17, 15) is 0 Å². The average molecular weight is 290 g/mol. The van der Waals surface area contributed by atoms with Crippen molar-refractivity contribution in [3.63, 3.8) is 0 Å². The van der Waals surface area contributed by atoms with Gasteiger partial charge in [0.05, 0.1) is 7.11 Å². The minimum Gasteiger partial charge on any atom is -0.496 e. The predicted molar refractivity (Wildman–Crippen MR) is 84.6 cm³/mol. The van der Waals surface area contributed by atoms with Gasteiger partial charge in [-0.25, -0.2) is 0 Å². The minimum atomic E-state index is -0.0679. The van der Waals surface area contributed by atoms with Crippen LogP contribution in [0.5, 0.6) is 5.75 Å². The molecule has 0 aliphatic carbocycles. The van der Waals surface area contributed by atoms with Crippen molar-refractivity contribution in [3.05, 3.63) is 63.7 Å². The Kier molecular flexibility index (Phi) is 4.69. The third kappa shape index (κ3) is 3.33. The lowest BCUT2D eigenvalue weighted by molar-refractivity contribution is 0.408. The topological polar surface area (TPSA) is 35.2 Å². The van der Waals surface area contributed by atoms with Crippen LogP contribution >= 0.6 is 11.6 Å². The van der Waals surface area contributed by atoms with Gasteiger partial charge in [0.25, 0.3) is 0 Å². The molecular formula is C17H20ClNO. The summed E-state index contributed by atoms with van der Waals surface area (Å²) in [7, 11) is 1.66. The third-order valence-electron chi connectivity index (χ3n) is 3.64. The maximum atomic E-state index is 6.32. The molecule has 0 saturated carbocycles. The summed E-state index contributed by atoms with van der Waals surface area (Å²) in [6.45, 7) is 4.20. The second-order valence-corrected chi connectivity index (χ2v) is 5.55. The molecule has 0 amide bonds. The van der Waals surface area contributed by atoms with E-state index in [0.717, 1.165) is 16.9 Å². The summed E-state index contributed by atoms with van der Waals surface area (Å²) in [6, 6.07) is 11.9. The maximum Gasteiger partial charge on any atom is 0.122 e. The highest BCUT2D eigenvalue weighted by Crippen LogP contribution is 2.27. The van der Waals surface area contributed by atoms with Crippen molar-refractivity contribution in [2.75, 3.05) is 7.11 Å². The highest BCUT2D eigenvalue weighted by Gasteiger charge is 2.12. The monoisotopic (exact) mass is 289 g/mol. The molecule has 2 rings (SSSR count). The van der Waals surface area contributed by atoms with Crippen LogP contribution in [0.25, 0.3) is 0 Å². The summed E-state index contributed by atoms with van der Waals surface area (Å²) in [5.41, 5.74) is 11.0. The van der Waals surface area contributed by atoms with Crippen LogP contribution in [0.15, 0.2) is 36.4 Å². The van der Waals surface area contributed by atoms with Crippen LogP contribution < -0.4 is 10.5 Å². The van der Waals surface area contributed by atoms with Gasteiger partial charge in [0.2, 0.25) is 0 Å². The molecule has 106 valence electrons. The van der Waals surface area contributed by atoms with E-state index in [4.69, 9.17) is 22.1 Å². The lowest BCUT2D eigenvalue weighted by atomic mass is 9.96. The number of ether oxygens (including phenoxy) is 1. The molecule has 2 aromatic rings. The van der Waals surface area contributed by atoms with Gasteiger partial charge in [-0.05, 0) is 60.7 Å². The molecule has 2 nitrogen and oxygen atoms in total. The van der Waals surface area contributed by atoms with E-state index in [1.165, 1.54) is 11.1 Å². The quantitative estimate of drug-likeness (QED) is 0.915. The third-order valence-corrected chi connectivity index (χ3v) is 3.88. The second-order valence-electron chi connectivity index (χ2n) is 5.11. The Morgan fingerprint density at radius 1 is 1.10 bits per heavy atom. The van der Waals surface area contributed by atoms with Crippen molar-refractivity contribution < 1.29 is 4.74 Å². The number of hydrogen-bond acceptors (Lipinski definition) is 2. The summed E-state index contributed by atoms with van der Waals surface area (Å²) >= 11 is 6.05. The van der Waals surface area contributed by atoms with Gasteiger partial charge >= 0.3 is 0 Å². The van der Waals surface area contributed by atoms with Crippen LogP contribution in [0.3, 0.4) is 0 Å². The van der Waals surface area contributed by atoms with Crippen LogP contribution in [0, 0.1) is 13.8 Å². The predicted octanol–water partition coefficient (Wildman–Crippen LogP) is 4.21. The molecule has 0 spiro atoms. The molecule has 0 bridgehead atoms. The lowest BCUT2D eigenvalue weighted by Gasteiger charge is -2.16. The lowest BCUT2D eigenvalue weighted by Crippen LogP contribution is -2.14. The van der Waals surface area contributed by atoms with E-state index < -0.39 is 0 Å². The van der Waals surface area contributed by atoms with Gasteiger partial charge < -0.3 is 10.5 Å². The van der Waals surface area contributed by atoms with Gasteiger partial charge in [-0.15, -0.1) is 0 Å². The first-order valence-electron chi connectivity index (χ1n) is 6.66. The van der Waals surface area contributed by atoms with Crippen LogP contribution in [-0.4, -0.2) is 7.11 Å². The Bertz CT molecular complexity index is 610. The first-order valence-corrected chi connectivity index (χ1v) is 7.04. The Labute approximate surface area is 125 Å². The van der Waals surface area contributed by atoms with Crippen LogP contribution in [0.4, 0.5) is 0 Å². The largest absolute Gasteiger partial charge is 0.496 e. The Hall–Kier alpha value is -1.51. The molecular weight excluding hydrogens is 270 g/mol. The average Bonchev–Trinajstić information content (AvgIpc) is 2.42. The number of nitrogens with two attached hydrogens (primary N) is 1. The van der Waals surface area contributed by atoms with Crippen molar-refractivity contribution in [2.45, 2.75) is 26.3 Å². The Morgan fingerprint density at radius 3 is 2.50 bits per heavy atom. The zero-order valence-corrected chi connectivity index (χ0v) is 12.9. The molecule has 1 unspecified atom stereocenters. The molecule has 20 heavy (non-hydrogen) atoms. The molecule has 0 aliphatic rings. The van der Waals surface area contributed by atoms with Crippen molar-refractivity contribution >= 4 is 11.6 Å². The van der Waals surface area contributed by atoms with E-state index in [-0.39, 0.29) is 6.04 Å². The summed E-state index contributed by atoms with van der Waals surface area (Å²) in [5.74, 6) is 0.827. The fourth-order valence-corrected chi connectivity index (χ4v) is 2.45. The Morgan fingerprint density at radius 2 is 1.85 bits per heavy atom. The molecule has 2 N–H and O–H groups in total. The van der Waals surface area contributed by atoms with Crippen molar-refractivity contribution in [3.8, 4) is 5.75 Å². The number of aryl methyl sites for hydroxylation is 2. The molecule has 1 atom stereocenters. The molecule has 0 aromatic heterocycles. The zero-order chi connectivity index (χ0) is 14.7. The van der Waals surface area contributed by atoms with E-state index in [1.54, 1.807) is 7.11 Å². The number of benzene rings is 2. The molecule has 3 heteroatoms. The SMILES string of the molecule is COc1ccc(Cl)cc1CC(N)c1ccc(C)c(C)c1. The summed E-state index contributed by atoms with van der Waals surface area (Å²) in [4.78, 5) is 0. The van der Waals surface area contributed by atoms with Crippen LogP contribution in [-0.2, 0) is 6.42 Å². The standard InChI is InChI=1S/C17H20ClNO/c1-11-4-5-13(8-12(11)2)16(19)10-14-9-15(18)6-7-17(14)20-3/h4-9,16H,10,19H2,1-3H3. The number of hydrogen-bond donors (Lipinski definition) is 1. The van der Waals surface area contributed by atoms with Crippen molar-refractivity contribution in [2.24, 2.45) is 5.73 Å². The first-order chi connectivity index (χ1) is 9.51. The zero-order valence-electron chi connectivity index (χ0n) is 12.1. The summed E-state index contributed by atoms with van der Waals surface area (Å²) in [5, 5.41) is 0.702. The van der Waals surface area contributed by atoms with Gasteiger partial charge in [-0.2, -0.15) is 0 Å². The van der Waals surface area contributed by atoms with Crippen molar-refractivity contribution in [1.82, 2.24) is 0 Å². The number of methoxy groups -OCH3 is 1. The highest BCUT2D eigenvalue weighted by molar-refractivity contribution is 6.30. The smallest absolute Gasteiger partial charge is 0.122 e. The fraction of sp³-hybridized carbons (Fsp3) is 0.294. The Balaban J connectivity index is 2.24. The first kappa shape index (κ1) is 14.9. The number of rotatable bonds is 4. The second kappa shape index (κ2) is 6.29. The molecule has 0 heterocycles. The molecule has 0 fully saturated rings. The van der Waals surface area contributed by atoms with E-state index in [2.05, 4.69) is 32.0 Å². The maximum absolute atomic E-state index is 6.32. The summed E-state index contributed by atoms with van der Waals surface area (Å²) < 4.78 is 5.37. The van der Waals surface area contributed by atoms with Gasteiger partial charge in [0.1, 0.15) is 5.75 Å². The number of halogens is 1.